The molecular formula is C18H17N3O2. The lowest BCUT2D eigenvalue weighted by atomic mass is 9.86. The maximum atomic E-state index is 12.0. The Morgan fingerprint density at radius 2 is 1.91 bits per heavy atom. The van der Waals surface area contributed by atoms with Crippen molar-refractivity contribution in [1.82, 2.24) is 15.8 Å². The lowest BCUT2D eigenvalue weighted by molar-refractivity contribution is -0.115. The van der Waals surface area contributed by atoms with Crippen LogP contribution in [0.25, 0.3) is 0 Å². The zero-order valence-corrected chi connectivity index (χ0v) is 12.5. The van der Waals surface area contributed by atoms with Gasteiger partial charge in [0.25, 0.3) is 5.91 Å². The molecule has 1 aromatic carbocycles. The van der Waals surface area contributed by atoms with Gasteiger partial charge >= 0.3 is 0 Å². The second-order valence-corrected chi connectivity index (χ2v) is 5.47. The molecule has 2 aromatic rings. The Morgan fingerprint density at radius 3 is 2.65 bits per heavy atom. The van der Waals surface area contributed by atoms with E-state index in [1.165, 1.54) is 6.20 Å². The number of nitrogens with zero attached hydrogens (tertiary/aromatic N) is 1. The van der Waals surface area contributed by atoms with E-state index in [2.05, 4.69) is 15.8 Å². The number of carbonyl (C=O) groups excluding carboxylic acids is 2. The van der Waals surface area contributed by atoms with Crippen LogP contribution in [0.3, 0.4) is 0 Å². The average Bonchev–Trinajstić information content (AvgIpc) is 2.61. The van der Waals surface area contributed by atoms with Gasteiger partial charge in [-0.05, 0) is 30.0 Å². The number of carbonyl (C=O) groups is 2. The van der Waals surface area contributed by atoms with Crippen molar-refractivity contribution in [2.24, 2.45) is 0 Å². The number of hydrogen-bond donors (Lipinski definition) is 2. The molecule has 3 rings (SSSR count). The highest BCUT2D eigenvalue weighted by atomic mass is 16.2. The number of hydrogen-bond acceptors (Lipinski definition) is 4. The zero-order chi connectivity index (χ0) is 16.1. The van der Waals surface area contributed by atoms with E-state index < -0.39 is 0 Å². The maximum Gasteiger partial charge on any atom is 0.271 e. The van der Waals surface area contributed by atoms with E-state index in [-0.39, 0.29) is 17.6 Å². The molecule has 0 bridgehead atoms. The van der Waals surface area contributed by atoms with Crippen LogP contribution in [0.4, 0.5) is 0 Å². The van der Waals surface area contributed by atoms with Crippen molar-refractivity contribution in [3.8, 4) is 0 Å². The van der Waals surface area contributed by atoms with Gasteiger partial charge in [0.2, 0.25) is 0 Å². The van der Waals surface area contributed by atoms with Crippen LogP contribution in [0.15, 0.2) is 66.6 Å². The monoisotopic (exact) mass is 307 g/mol. The van der Waals surface area contributed by atoms with Gasteiger partial charge in [0.15, 0.2) is 5.78 Å². The number of ketones is 1. The first-order chi connectivity index (χ1) is 11.2. The van der Waals surface area contributed by atoms with Crippen LogP contribution in [0, 0.1) is 0 Å². The molecule has 0 saturated carbocycles. The Kier molecular flexibility index (Phi) is 4.47. The number of pyridine rings is 1. The topological polar surface area (TPSA) is 71.1 Å². The SMILES string of the molecule is O=C1C=C(NNC(=O)c2cccnc2)C[C@@H](c2ccccc2)C1. The van der Waals surface area contributed by atoms with Crippen LogP contribution < -0.4 is 10.9 Å². The summed E-state index contributed by atoms with van der Waals surface area (Å²) < 4.78 is 0. The summed E-state index contributed by atoms with van der Waals surface area (Å²) in [6, 6.07) is 13.3. The average molecular weight is 307 g/mol. The van der Waals surface area contributed by atoms with E-state index in [0.717, 1.165) is 5.56 Å². The predicted octanol–water partition coefficient (Wildman–Crippen LogP) is 2.35. The lowest BCUT2D eigenvalue weighted by Crippen LogP contribution is -2.38. The van der Waals surface area contributed by atoms with Gasteiger partial charge in [0.05, 0.1) is 5.56 Å². The summed E-state index contributed by atoms with van der Waals surface area (Å²) >= 11 is 0. The summed E-state index contributed by atoms with van der Waals surface area (Å²) in [6.07, 6.45) is 5.83. The molecular weight excluding hydrogens is 290 g/mol. The molecule has 0 radical (unpaired) electrons. The maximum absolute atomic E-state index is 12.0. The molecule has 0 unspecified atom stereocenters. The van der Waals surface area contributed by atoms with Crippen molar-refractivity contribution in [1.29, 1.82) is 0 Å². The Morgan fingerprint density at radius 1 is 1.09 bits per heavy atom. The fourth-order valence-corrected chi connectivity index (χ4v) is 2.65. The van der Waals surface area contributed by atoms with E-state index in [1.54, 1.807) is 24.4 Å². The molecule has 5 nitrogen and oxygen atoms in total. The van der Waals surface area contributed by atoms with Crippen molar-refractivity contribution < 1.29 is 9.59 Å². The van der Waals surface area contributed by atoms with Gasteiger partial charge in [-0.15, -0.1) is 0 Å². The summed E-state index contributed by atoms with van der Waals surface area (Å²) in [5.74, 6) is -0.0944. The third kappa shape index (κ3) is 3.83. The molecule has 1 aliphatic rings. The molecule has 0 fully saturated rings. The molecule has 1 aromatic heterocycles. The first-order valence-corrected chi connectivity index (χ1v) is 7.47. The summed E-state index contributed by atoms with van der Waals surface area (Å²) in [5.41, 5.74) is 7.78. The smallest absolute Gasteiger partial charge is 0.271 e. The van der Waals surface area contributed by atoms with Gasteiger partial charge in [-0.3, -0.25) is 20.0 Å². The van der Waals surface area contributed by atoms with Crippen LogP contribution in [0.2, 0.25) is 0 Å². The molecule has 0 aliphatic heterocycles. The second kappa shape index (κ2) is 6.87. The van der Waals surface area contributed by atoms with E-state index >= 15 is 0 Å². The predicted molar refractivity (Wildman–Crippen MR) is 86.3 cm³/mol. The lowest BCUT2D eigenvalue weighted by Gasteiger charge is -2.23. The minimum atomic E-state index is -0.284. The molecule has 1 amide bonds. The second-order valence-electron chi connectivity index (χ2n) is 5.47. The Balaban J connectivity index is 1.64. The van der Waals surface area contributed by atoms with Crippen LogP contribution >= 0.6 is 0 Å². The molecule has 116 valence electrons. The molecule has 23 heavy (non-hydrogen) atoms. The number of hydrazine groups is 1. The highest BCUT2D eigenvalue weighted by molar-refractivity contribution is 5.94. The highest BCUT2D eigenvalue weighted by Gasteiger charge is 2.22. The largest absolute Gasteiger partial charge is 0.302 e. The van der Waals surface area contributed by atoms with Gasteiger partial charge in [0.1, 0.15) is 0 Å². The number of rotatable bonds is 4. The number of aromatic nitrogens is 1. The molecule has 0 saturated heterocycles. The van der Waals surface area contributed by atoms with Crippen LogP contribution in [0.1, 0.15) is 34.7 Å². The van der Waals surface area contributed by atoms with Crippen molar-refractivity contribution in [2.75, 3.05) is 0 Å². The van der Waals surface area contributed by atoms with E-state index in [0.29, 0.717) is 24.1 Å². The van der Waals surface area contributed by atoms with Crippen LogP contribution in [-0.4, -0.2) is 16.7 Å². The molecule has 1 heterocycles. The quantitative estimate of drug-likeness (QED) is 0.851. The third-order valence-corrected chi connectivity index (χ3v) is 3.78. The summed E-state index contributed by atoms with van der Waals surface area (Å²) in [6.45, 7) is 0. The minimum absolute atomic E-state index is 0.0585. The summed E-state index contributed by atoms with van der Waals surface area (Å²) in [4.78, 5) is 27.8. The summed E-state index contributed by atoms with van der Waals surface area (Å²) in [7, 11) is 0. The Bertz CT molecular complexity index is 726. The van der Waals surface area contributed by atoms with Gasteiger partial charge in [-0.2, -0.15) is 0 Å². The van der Waals surface area contributed by atoms with E-state index in [4.69, 9.17) is 0 Å². The first-order valence-electron chi connectivity index (χ1n) is 7.47. The summed E-state index contributed by atoms with van der Waals surface area (Å²) in [5, 5.41) is 0. The van der Waals surface area contributed by atoms with Gasteiger partial charge in [-0.25, -0.2) is 0 Å². The van der Waals surface area contributed by atoms with E-state index in [9.17, 15) is 9.59 Å². The van der Waals surface area contributed by atoms with E-state index in [1.807, 2.05) is 30.3 Å². The zero-order valence-electron chi connectivity index (χ0n) is 12.5. The number of nitrogens with one attached hydrogen (secondary N) is 2. The van der Waals surface area contributed by atoms with Crippen molar-refractivity contribution in [2.45, 2.75) is 18.8 Å². The molecule has 5 heteroatoms. The normalized spacial score (nSPS) is 17.3. The molecule has 1 atom stereocenters. The van der Waals surface area contributed by atoms with Crippen molar-refractivity contribution >= 4 is 11.7 Å². The fourth-order valence-electron chi connectivity index (χ4n) is 2.65. The number of benzene rings is 1. The molecule has 0 spiro atoms. The number of allylic oxidation sites excluding steroid dienone is 2. The number of amides is 1. The standard InChI is InChI=1S/C18H17N3O2/c22-17-10-15(13-5-2-1-3-6-13)9-16(11-17)20-21-18(23)14-7-4-8-19-12-14/h1-8,11-12,15,20H,9-10H2,(H,21,23)/t15-/m1/s1. The highest BCUT2D eigenvalue weighted by Crippen LogP contribution is 2.29. The van der Waals surface area contributed by atoms with Gasteiger partial charge < -0.3 is 5.43 Å². The van der Waals surface area contributed by atoms with Crippen molar-refractivity contribution in [3.05, 3.63) is 77.8 Å². The van der Waals surface area contributed by atoms with Crippen LogP contribution in [0.5, 0.6) is 0 Å². The fraction of sp³-hybridized carbons (Fsp3) is 0.167. The third-order valence-electron chi connectivity index (χ3n) is 3.78. The van der Waals surface area contributed by atoms with Crippen LogP contribution in [-0.2, 0) is 4.79 Å². The minimum Gasteiger partial charge on any atom is -0.302 e. The van der Waals surface area contributed by atoms with Gasteiger partial charge in [-0.1, -0.05) is 30.3 Å². The molecule has 2 N–H and O–H groups in total. The molecule has 1 aliphatic carbocycles. The van der Waals surface area contributed by atoms with Crippen molar-refractivity contribution in [3.63, 3.8) is 0 Å². The van der Waals surface area contributed by atoms with Gasteiger partial charge in [0, 0.05) is 30.6 Å². The Labute approximate surface area is 134 Å². The first kappa shape index (κ1) is 15.0. The Hall–Kier alpha value is -2.95.